The molecular formula is C14H17NO4. The average molecular weight is 263 g/mol. The van der Waals surface area contributed by atoms with E-state index in [2.05, 4.69) is 5.32 Å². The highest BCUT2D eigenvalue weighted by Crippen LogP contribution is 2.26. The summed E-state index contributed by atoms with van der Waals surface area (Å²) in [6.45, 7) is 1.83. The second-order valence-corrected chi connectivity index (χ2v) is 5.04. The molecule has 0 saturated heterocycles. The van der Waals surface area contributed by atoms with Crippen LogP contribution in [0.4, 0.5) is 0 Å². The Balaban J connectivity index is 2.00. The second-order valence-electron chi connectivity index (χ2n) is 5.04. The van der Waals surface area contributed by atoms with Crippen molar-refractivity contribution in [2.75, 3.05) is 0 Å². The summed E-state index contributed by atoms with van der Waals surface area (Å²) >= 11 is 0. The first-order valence-corrected chi connectivity index (χ1v) is 6.30. The second kappa shape index (κ2) is 5.30. The van der Waals surface area contributed by atoms with Crippen LogP contribution in [0.25, 0.3) is 0 Å². The molecule has 0 bridgehead atoms. The van der Waals surface area contributed by atoms with Crippen molar-refractivity contribution in [3.05, 3.63) is 29.3 Å². The summed E-state index contributed by atoms with van der Waals surface area (Å²) in [5.74, 6) is -1.59. The Morgan fingerprint density at radius 1 is 1.32 bits per heavy atom. The lowest BCUT2D eigenvalue weighted by atomic mass is 10.1. The number of rotatable bonds is 3. The molecule has 2 unspecified atom stereocenters. The van der Waals surface area contributed by atoms with Crippen molar-refractivity contribution in [3.63, 3.8) is 0 Å². The summed E-state index contributed by atoms with van der Waals surface area (Å²) in [6.07, 6.45) is 1.70. The number of nitrogens with one attached hydrogen (secondary N) is 1. The zero-order valence-corrected chi connectivity index (χ0v) is 10.7. The molecule has 5 nitrogen and oxygen atoms in total. The maximum atomic E-state index is 12.0. The molecule has 0 aromatic heterocycles. The molecule has 0 heterocycles. The number of hydrogen-bond donors (Lipinski definition) is 3. The van der Waals surface area contributed by atoms with E-state index in [1.54, 1.807) is 12.1 Å². The summed E-state index contributed by atoms with van der Waals surface area (Å²) in [5.41, 5.74) is 1.10. The van der Waals surface area contributed by atoms with E-state index in [-0.39, 0.29) is 29.2 Å². The van der Waals surface area contributed by atoms with E-state index in [1.807, 2.05) is 6.92 Å². The SMILES string of the molecule is Cc1ccc(C(=O)NC2CCC(C(=O)O)C2)c(O)c1. The van der Waals surface area contributed by atoms with Crippen LogP contribution in [0.2, 0.25) is 0 Å². The minimum absolute atomic E-state index is 0.0507. The van der Waals surface area contributed by atoms with Crippen LogP contribution in [0.3, 0.4) is 0 Å². The third kappa shape index (κ3) is 3.05. The minimum Gasteiger partial charge on any atom is -0.507 e. The van der Waals surface area contributed by atoms with Crippen LogP contribution in [0.1, 0.15) is 35.2 Å². The summed E-state index contributed by atoms with van der Waals surface area (Å²) < 4.78 is 0. The van der Waals surface area contributed by atoms with Gasteiger partial charge in [0, 0.05) is 6.04 Å². The maximum Gasteiger partial charge on any atom is 0.306 e. The standard InChI is InChI=1S/C14H17NO4/c1-8-2-5-11(12(16)6-8)13(17)15-10-4-3-9(7-10)14(18)19/h2,5-6,9-10,16H,3-4,7H2,1H3,(H,15,17)(H,18,19). The molecule has 1 saturated carbocycles. The van der Waals surface area contributed by atoms with Crippen LogP contribution in [0, 0.1) is 12.8 Å². The van der Waals surface area contributed by atoms with E-state index in [0.29, 0.717) is 19.3 Å². The number of carboxylic acids is 1. The number of carbonyl (C=O) groups is 2. The predicted molar refractivity (Wildman–Crippen MR) is 69.1 cm³/mol. The Labute approximate surface area is 111 Å². The first kappa shape index (κ1) is 13.4. The molecule has 1 aromatic carbocycles. The van der Waals surface area contributed by atoms with Crippen molar-refractivity contribution < 1.29 is 19.8 Å². The molecule has 0 aliphatic heterocycles. The van der Waals surface area contributed by atoms with Gasteiger partial charge in [0.1, 0.15) is 5.75 Å². The van der Waals surface area contributed by atoms with Crippen LogP contribution in [-0.4, -0.2) is 28.1 Å². The largest absolute Gasteiger partial charge is 0.507 e. The number of amides is 1. The quantitative estimate of drug-likeness (QED) is 0.774. The molecule has 3 N–H and O–H groups in total. The van der Waals surface area contributed by atoms with Crippen LogP contribution >= 0.6 is 0 Å². The van der Waals surface area contributed by atoms with Crippen molar-refractivity contribution >= 4 is 11.9 Å². The molecule has 5 heteroatoms. The normalized spacial score (nSPS) is 22.2. The van der Waals surface area contributed by atoms with Gasteiger partial charge >= 0.3 is 5.97 Å². The predicted octanol–water partition coefficient (Wildman–Crippen LogP) is 1.68. The van der Waals surface area contributed by atoms with Gasteiger partial charge in [-0.1, -0.05) is 6.07 Å². The topological polar surface area (TPSA) is 86.6 Å². The van der Waals surface area contributed by atoms with Gasteiger partial charge in [0.15, 0.2) is 0 Å². The smallest absolute Gasteiger partial charge is 0.306 e. The van der Waals surface area contributed by atoms with E-state index < -0.39 is 5.97 Å². The molecule has 1 aliphatic carbocycles. The van der Waals surface area contributed by atoms with Crippen LogP contribution in [-0.2, 0) is 4.79 Å². The van der Waals surface area contributed by atoms with Gasteiger partial charge < -0.3 is 15.5 Å². The lowest BCUT2D eigenvalue weighted by Crippen LogP contribution is -2.33. The van der Waals surface area contributed by atoms with E-state index in [0.717, 1.165) is 5.56 Å². The highest BCUT2D eigenvalue weighted by atomic mass is 16.4. The fraction of sp³-hybridized carbons (Fsp3) is 0.429. The monoisotopic (exact) mass is 263 g/mol. The molecular weight excluding hydrogens is 246 g/mol. The number of phenolic OH excluding ortho intramolecular Hbond substituents is 1. The number of carboxylic acid groups (broad SMARTS) is 1. The fourth-order valence-electron chi connectivity index (χ4n) is 2.43. The number of benzene rings is 1. The van der Waals surface area contributed by atoms with Gasteiger partial charge in [-0.3, -0.25) is 9.59 Å². The molecule has 19 heavy (non-hydrogen) atoms. The van der Waals surface area contributed by atoms with Crippen molar-refractivity contribution in [3.8, 4) is 5.75 Å². The fourth-order valence-corrected chi connectivity index (χ4v) is 2.43. The van der Waals surface area contributed by atoms with Crippen molar-refractivity contribution in [1.29, 1.82) is 0 Å². The number of phenols is 1. The average Bonchev–Trinajstić information content (AvgIpc) is 2.77. The number of aliphatic carboxylic acids is 1. The molecule has 1 amide bonds. The van der Waals surface area contributed by atoms with Crippen molar-refractivity contribution in [1.82, 2.24) is 5.32 Å². The van der Waals surface area contributed by atoms with Gasteiger partial charge in [0.2, 0.25) is 0 Å². The van der Waals surface area contributed by atoms with Crippen molar-refractivity contribution in [2.24, 2.45) is 5.92 Å². The Kier molecular flexibility index (Phi) is 3.74. The maximum absolute atomic E-state index is 12.0. The lowest BCUT2D eigenvalue weighted by Gasteiger charge is -2.13. The molecule has 1 fully saturated rings. The highest BCUT2D eigenvalue weighted by Gasteiger charge is 2.30. The number of carbonyl (C=O) groups excluding carboxylic acids is 1. The van der Waals surface area contributed by atoms with E-state index in [1.165, 1.54) is 6.07 Å². The summed E-state index contributed by atoms with van der Waals surface area (Å²) in [5, 5.41) is 21.4. The van der Waals surface area contributed by atoms with E-state index in [9.17, 15) is 14.7 Å². The zero-order chi connectivity index (χ0) is 14.0. The van der Waals surface area contributed by atoms with Crippen LogP contribution < -0.4 is 5.32 Å². The molecule has 2 rings (SSSR count). The van der Waals surface area contributed by atoms with Crippen molar-refractivity contribution in [2.45, 2.75) is 32.2 Å². The van der Waals surface area contributed by atoms with Gasteiger partial charge in [-0.25, -0.2) is 0 Å². The summed E-state index contributed by atoms with van der Waals surface area (Å²) in [7, 11) is 0. The van der Waals surface area contributed by atoms with Gasteiger partial charge in [0.05, 0.1) is 11.5 Å². The molecule has 1 aromatic rings. The Hall–Kier alpha value is -2.04. The zero-order valence-electron chi connectivity index (χ0n) is 10.7. The van der Waals surface area contributed by atoms with Gasteiger partial charge in [-0.2, -0.15) is 0 Å². The number of aryl methyl sites for hydroxylation is 1. The highest BCUT2D eigenvalue weighted by molar-refractivity contribution is 5.97. The molecule has 102 valence electrons. The summed E-state index contributed by atoms with van der Waals surface area (Å²) in [4.78, 5) is 22.8. The molecule has 0 radical (unpaired) electrons. The number of aromatic hydroxyl groups is 1. The third-order valence-corrected chi connectivity index (χ3v) is 3.51. The first-order chi connectivity index (χ1) is 8.97. The Morgan fingerprint density at radius 2 is 2.05 bits per heavy atom. The van der Waals surface area contributed by atoms with E-state index >= 15 is 0 Å². The van der Waals surface area contributed by atoms with Gasteiger partial charge in [0.25, 0.3) is 5.91 Å². The third-order valence-electron chi connectivity index (χ3n) is 3.51. The van der Waals surface area contributed by atoms with Gasteiger partial charge in [-0.05, 0) is 43.9 Å². The Bertz CT molecular complexity index is 512. The number of hydrogen-bond acceptors (Lipinski definition) is 3. The molecule has 2 atom stereocenters. The first-order valence-electron chi connectivity index (χ1n) is 6.30. The van der Waals surface area contributed by atoms with E-state index in [4.69, 9.17) is 5.11 Å². The Morgan fingerprint density at radius 3 is 2.63 bits per heavy atom. The van der Waals surface area contributed by atoms with Gasteiger partial charge in [-0.15, -0.1) is 0 Å². The molecule has 0 spiro atoms. The van der Waals surface area contributed by atoms with Crippen LogP contribution in [0.15, 0.2) is 18.2 Å². The minimum atomic E-state index is -0.810. The summed E-state index contributed by atoms with van der Waals surface area (Å²) in [6, 6.07) is 4.73. The van der Waals surface area contributed by atoms with Crippen LogP contribution in [0.5, 0.6) is 5.75 Å². The molecule has 1 aliphatic rings. The lowest BCUT2D eigenvalue weighted by molar-refractivity contribution is -0.141.